The van der Waals surface area contributed by atoms with Crippen molar-refractivity contribution in [3.63, 3.8) is 0 Å². The van der Waals surface area contributed by atoms with Gasteiger partial charge in [-0.2, -0.15) is 4.98 Å². The molecule has 1 heterocycles. The average molecular weight is 383 g/mol. The molecule has 1 N–H and O–H groups in total. The quantitative estimate of drug-likeness (QED) is 0.640. The van der Waals surface area contributed by atoms with Crippen LogP contribution in [0.25, 0.3) is 11.4 Å². The fraction of sp³-hybridized carbons (Fsp3) is 0.250. The SMILES string of the molecule is COc1cccc(-c2noc(CNC(=O)CSCc3ccc(C)cc3)n2)c1. The van der Waals surface area contributed by atoms with Gasteiger partial charge in [0.15, 0.2) is 0 Å². The lowest BCUT2D eigenvalue weighted by atomic mass is 10.2. The van der Waals surface area contributed by atoms with Crippen LogP contribution in [0.15, 0.2) is 53.1 Å². The van der Waals surface area contributed by atoms with Crippen molar-refractivity contribution in [1.82, 2.24) is 15.5 Å². The number of aryl methyl sites for hydroxylation is 1. The van der Waals surface area contributed by atoms with E-state index < -0.39 is 0 Å². The number of ether oxygens (including phenoxy) is 1. The van der Waals surface area contributed by atoms with Gasteiger partial charge >= 0.3 is 0 Å². The highest BCUT2D eigenvalue weighted by Crippen LogP contribution is 2.21. The van der Waals surface area contributed by atoms with Gasteiger partial charge in [0.25, 0.3) is 0 Å². The molecule has 0 unspecified atom stereocenters. The number of nitrogens with one attached hydrogen (secondary N) is 1. The van der Waals surface area contributed by atoms with Crippen LogP contribution in [0.3, 0.4) is 0 Å². The maximum absolute atomic E-state index is 12.0. The number of rotatable bonds is 8. The van der Waals surface area contributed by atoms with E-state index in [4.69, 9.17) is 9.26 Å². The van der Waals surface area contributed by atoms with Crippen molar-refractivity contribution in [3.05, 3.63) is 65.5 Å². The molecule has 1 aromatic heterocycles. The second-order valence-corrected chi connectivity index (χ2v) is 6.98. The molecule has 7 heteroatoms. The number of methoxy groups -OCH3 is 1. The number of amides is 1. The minimum absolute atomic E-state index is 0.0618. The van der Waals surface area contributed by atoms with Gasteiger partial charge in [-0.3, -0.25) is 4.79 Å². The molecular formula is C20H21N3O3S. The first-order valence-corrected chi connectivity index (χ1v) is 9.66. The van der Waals surface area contributed by atoms with Crippen molar-refractivity contribution in [3.8, 4) is 17.1 Å². The summed E-state index contributed by atoms with van der Waals surface area (Å²) >= 11 is 1.57. The molecule has 0 bridgehead atoms. The van der Waals surface area contributed by atoms with E-state index in [0.717, 1.165) is 17.1 Å². The number of carbonyl (C=O) groups excluding carboxylic acids is 1. The summed E-state index contributed by atoms with van der Waals surface area (Å²) in [6.45, 7) is 2.27. The van der Waals surface area contributed by atoms with Crippen LogP contribution in [0.2, 0.25) is 0 Å². The summed E-state index contributed by atoms with van der Waals surface area (Å²) in [6.07, 6.45) is 0. The summed E-state index contributed by atoms with van der Waals surface area (Å²) in [5.41, 5.74) is 3.23. The normalized spacial score (nSPS) is 10.6. The fourth-order valence-corrected chi connectivity index (χ4v) is 3.19. The van der Waals surface area contributed by atoms with Gasteiger partial charge in [-0.05, 0) is 24.6 Å². The van der Waals surface area contributed by atoms with Gasteiger partial charge < -0.3 is 14.6 Å². The molecule has 3 aromatic rings. The van der Waals surface area contributed by atoms with Crippen molar-refractivity contribution in [2.75, 3.05) is 12.9 Å². The summed E-state index contributed by atoms with van der Waals surface area (Å²) < 4.78 is 10.4. The molecule has 0 aliphatic carbocycles. The second kappa shape index (κ2) is 9.23. The van der Waals surface area contributed by atoms with Crippen molar-refractivity contribution in [1.29, 1.82) is 0 Å². The van der Waals surface area contributed by atoms with Crippen molar-refractivity contribution < 1.29 is 14.1 Å². The molecule has 0 radical (unpaired) electrons. The highest BCUT2D eigenvalue weighted by atomic mass is 32.2. The molecule has 0 atom stereocenters. The molecule has 3 rings (SSSR count). The first-order chi connectivity index (χ1) is 13.1. The van der Waals surface area contributed by atoms with Gasteiger partial charge in [0.1, 0.15) is 5.75 Å². The molecule has 2 aromatic carbocycles. The van der Waals surface area contributed by atoms with E-state index >= 15 is 0 Å². The number of hydrogen-bond acceptors (Lipinski definition) is 6. The molecule has 140 valence electrons. The molecule has 0 aliphatic heterocycles. The maximum atomic E-state index is 12.0. The minimum Gasteiger partial charge on any atom is -0.497 e. The fourth-order valence-electron chi connectivity index (χ4n) is 2.38. The van der Waals surface area contributed by atoms with E-state index in [-0.39, 0.29) is 12.5 Å². The third-order valence-electron chi connectivity index (χ3n) is 3.86. The number of nitrogens with zero attached hydrogens (tertiary/aromatic N) is 2. The third kappa shape index (κ3) is 5.59. The minimum atomic E-state index is -0.0618. The summed E-state index contributed by atoms with van der Waals surface area (Å²) in [7, 11) is 1.60. The van der Waals surface area contributed by atoms with E-state index in [1.54, 1.807) is 18.9 Å². The standard InChI is InChI=1S/C20H21N3O3S/c1-14-6-8-15(9-7-14)12-27-13-18(24)21-11-19-22-20(23-26-19)16-4-3-5-17(10-16)25-2/h3-10H,11-13H2,1-2H3,(H,21,24). The molecule has 6 nitrogen and oxygen atoms in total. The van der Waals surface area contributed by atoms with Crippen LogP contribution in [-0.2, 0) is 17.1 Å². The van der Waals surface area contributed by atoms with Crippen LogP contribution in [0.5, 0.6) is 5.75 Å². The number of hydrogen-bond donors (Lipinski definition) is 1. The molecule has 0 saturated heterocycles. The molecule has 0 fully saturated rings. The Morgan fingerprint density at radius 3 is 2.81 bits per heavy atom. The highest BCUT2D eigenvalue weighted by molar-refractivity contribution is 7.99. The zero-order valence-corrected chi connectivity index (χ0v) is 16.1. The summed E-state index contributed by atoms with van der Waals surface area (Å²) in [4.78, 5) is 16.3. The maximum Gasteiger partial charge on any atom is 0.246 e. The van der Waals surface area contributed by atoms with Crippen molar-refractivity contribution in [2.45, 2.75) is 19.2 Å². The largest absolute Gasteiger partial charge is 0.497 e. The van der Waals surface area contributed by atoms with E-state index in [9.17, 15) is 4.79 Å². The van der Waals surface area contributed by atoms with Crippen LogP contribution >= 0.6 is 11.8 Å². The third-order valence-corrected chi connectivity index (χ3v) is 4.86. The molecule has 0 aliphatic rings. The first-order valence-electron chi connectivity index (χ1n) is 8.51. The smallest absolute Gasteiger partial charge is 0.246 e. The number of carbonyl (C=O) groups is 1. The van der Waals surface area contributed by atoms with Gasteiger partial charge in [0.2, 0.25) is 17.6 Å². The Hall–Kier alpha value is -2.80. The number of aromatic nitrogens is 2. The lowest BCUT2D eigenvalue weighted by Gasteiger charge is -2.03. The zero-order chi connectivity index (χ0) is 19.1. The van der Waals surface area contributed by atoms with Crippen molar-refractivity contribution >= 4 is 17.7 Å². The van der Waals surface area contributed by atoms with Gasteiger partial charge in [-0.1, -0.05) is 47.1 Å². The second-order valence-electron chi connectivity index (χ2n) is 6.00. The lowest BCUT2D eigenvalue weighted by molar-refractivity contribution is -0.118. The molecule has 27 heavy (non-hydrogen) atoms. The Bertz CT molecular complexity index is 893. The Balaban J connectivity index is 1.45. The summed E-state index contributed by atoms with van der Waals surface area (Å²) in [5, 5.41) is 6.75. The van der Waals surface area contributed by atoms with Gasteiger partial charge in [-0.15, -0.1) is 11.8 Å². The van der Waals surface area contributed by atoms with E-state index in [0.29, 0.717) is 17.5 Å². The first kappa shape index (κ1) is 19.0. The van der Waals surface area contributed by atoms with Crippen LogP contribution in [0.4, 0.5) is 0 Å². The predicted molar refractivity (Wildman–Crippen MR) is 105 cm³/mol. The van der Waals surface area contributed by atoms with Gasteiger partial charge in [0.05, 0.1) is 19.4 Å². The number of thioether (sulfide) groups is 1. The number of benzene rings is 2. The summed E-state index contributed by atoms with van der Waals surface area (Å²) in [6, 6.07) is 15.7. The van der Waals surface area contributed by atoms with Crippen LogP contribution in [0, 0.1) is 6.92 Å². The van der Waals surface area contributed by atoms with E-state index in [1.807, 2.05) is 24.3 Å². The van der Waals surface area contributed by atoms with E-state index in [1.165, 1.54) is 11.1 Å². The van der Waals surface area contributed by atoms with Crippen molar-refractivity contribution in [2.24, 2.45) is 0 Å². The molecule has 0 saturated carbocycles. The predicted octanol–water partition coefficient (Wildman–Crippen LogP) is 3.60. The Labute approximate surface area is 162 Å². The van der Waals surface area contributed by atoms with Crippen LogP contribution < -0.4 is 10.1 Å². The zero-order valence-electron chi connectivity index (χ0n) is 15.3. The van der Waals surface area contributed by atoms with Gasteiger partial charge in [-0.25, -0.2) is 0 Å². The van der Waals surface area contributed by atoms with E-state index in [2.05, 4.69) is 46.6 Å². The molecular weight excluding hydrogens is 362 g/mol. The average Bonchev–Trinajstić information content (AvgIpc) is 3.17. The monoisotopic (exact) mass is 383 g/mol. The Kier molecular flexibility index (Phi) is 6.49. The van der Waals surface area contributed by atoms with Crippen LogP contribution in [0.1, 0.15) is 17.0 Å². The van der Waals surface area contributed by atoms with Crippen LogP contribution in [-0.4, -0.2) is 28.9 Å². The highest BCUT2D eigenvalue weighted by Gasteiger charge is 2.10. The lowest BCUT2D eigenvalue weighted by Crippen LogP contribution is -2.24. The molecule has 0 spiro atoms. The Morgan fingerprint density at radius 2 is 2.04 bits per heavy atom. The van der Waals surface area contributed by atoms with Gasteiger partial charge in [0, 0.05) is 11.3 Å². The molecule has 1 amide bonds. The summed E-state index contributed by atoms with van der Waals surface area (Å²) in [5.74, 6) is 2.67. The topological polar surface area (TPSA) is 77.3 Å². The Morgan fingerprint density at radius 1 is 1.22 bits per heavy atom.